The molecular formula is C18H16BrNO. The molecular weight excluding hydrogens is 326 g/mol. The monoisotopic (exact) mass is 341 g/mol. The number of carbonyl (C=O) groups excluding carboxylic acids is 1. The van der Waals surface area contributed by atoms with Gasteiger partial charge in [0, 0.05) is 17.7 Å². The van der Waals surface area contributed by atoms with E-state index in [1.54, 1.807) is 0 Å². The number of aryl methyl sites for hydroxylation is 1. The van der Waals surface area contributed by atoms with Gasteiger partial charge in [-0.2, -0.15) is 4.57 Å². The van der Waals surface area contributed by atoms with E-state index >= 15 is 0 Å². The maximum atomic E-state index is 12.6. The number of Topliss-reactive ketones (excluding diaryl/α,β-unsaturated/α-hetero) is 1. The van der Waals surface area contributed by atoms with E-state index in [4.69, 9.17) is 0 Å². The minimum atomic E-state index is 0. The van der Waals surface area contributed by atoms with Crippen LogP contribution in [-0.2, 0) is 6.54 Å². The number of hydrogen-bond acceptors (Lipinski definition) is 1. The topological polar surface area (TPSA) is 20.9 Å². The van der Waals surface area contributed by atoms with Gasteiger partial charge in [-0.3, -0.25) is 4.79 Å². The van der Waals surface area contributed by atoms with Crippen LogP contribution in [0.1, 0.15) is 15.9 Å². The van der Waals surface area contributed by atoms with Gasteiger partial charge >= 0.3 is 0 Å². The van der Waals surface area contributed by atoms with Gasteiger partial charge in [0.25, 0.3) is 0 Å². The Balaban J connectivity index is 0.00000161. The Labute approximate surface area is 134 Å². The lowest BCUT2D eigenvalue weighted by Gasteiger charge is -2.07. The Morgan fingerprint density at radius 2 is 1.67 bits per heavy atom. The highest BCUT2D eigenvalue weighted by molar-refractivity contribution is 6.08. The molecule has 0 fully saturated rings. The van der Waals surface area contributed by atoms with Crippen molar-refractivity contribution in [2.75, 3.05) is 0 Å². The summed E-state index contributed by atoms with van der Waals surface area (Å²) in [6.45, 7) is 2.37. The first-order valence-corrected chi connectivity index (χ1v) is 6.71. The first-order chi connectivity index (χ1) is 9.75. The molecule has 1 aromatic heterocycles. The molecule has 2 nitrogen and oxygen atoms in total. The summed E-state index contributed by atoms with van der Waals surface area (Å²) in [5.41, 5.74) is 1.87. The van der Waals surface area contributed by atoms with Crippen LogP contribution in [0.5, 0.6) is 0 Å². The summed E-state index contributed by atoms with van der Waals surface area (Å²) < 4.78 is 1.91. The fourth-order valence-corrected chi connectivity index (χ4v) is 2.54. The van der Waals surface area contributed by atoms with Gasteiger partial charge in [0.05, 0.1) is 0 Å². The molecule has 3 rings (SSSR count). The number of rotatable bonds is 3. The third kappa shape index (κ3) is 3.19. The quantitative estimate of drug-likeness (QED) is 0.496. The molecule has 3 aromatic rings. The van der Waals surface area contributed by atoms with Crippen LogP contribution in [0, 0.1) is 6.92 Å². The van der Waals surface area contributed by atoms with Crippen LogP contribution >= 0.6 is 0 Å². The maximum absolute atomic E-state index is 12.6. The Hall–Kier alpha value is -2.00. The van der Waals surface area contributed by atoms with E-state index in [1.807, 2.05) is 72.4 Å². The average Bonchev–Trinajstić information content (AvgIpc) is 2.48. The highest BCUT2D eigenvalue weighted by Crippen LogP contribution is 2.22. The van der Waals surface area contributed by atoms with Crippen molar-refractivity contribution in [3.63, 3.8) is 0 Å². The summed E-state index contributed by atoms with van der Waals surface area (Å²) in [6, 6.07) is 17.9. The highest BCUT2D eigenvalue weighted by Gasteiger charge is 2.16. The van der Waals surface area contributed by atoms with Crippen LogP contribution in [0.4, 0.5) is 0 Å². The van der Waals surface area contributed by atoms with E-state index in [0.29, 0.717) is 6.54 Å². The van der Waals surface area contributed by atoms with E-state index in [2.05, 4.69) is 6.07 Å². The first kappa shape index (κ1) is 15.4. The van der Waals surface area contributed by atoms with Gasteiger partial charge in [-0.05, 0) is 23.3 Å². The number of benzene rings is 2. The largest absolute Gasteiger partial charge is 1.00 e. The molecule has 0 aliphatic rings. The minimum absolute atomic E-state index is 0. The molecule has 0 unspecified atom stereocenters. The van der Waals surface area contributed by atoms with Gasteiger partial charge in [0.15, 0.2) is 12.4 Å². The molecule has 0 aliphatic heterocycles. The molecule has 1 heterocycles. The van der Waals surface area contributed by atoms with Gasteiger partial charge < -0.3 is 17.0 Å². The van der Waals surface area contributed by atoms with Crippen molar-refractivity contribution in [3.8, 4) is 0 Å². The second kappa shape index (κ2) is 6.64. The zero-order valence-electron chi connectivity index (χ0n) is 11.8. The summed E-state index contributed by atoms with van der Waals surface area (Å²) in [7, 11) is 0. The molecule has 0 amide bonds. The number of ketones is 1. The second-order valence-electron chi connectivity index (χ2n) is 4.95. The summed E-state index contributed by atoms with van der Waals surface area (Å²) >= 11 is 0. The lowest BCUT2D eigenvalue weighted by molar-refractivity contribution is -0.683. The number of hydrogen-bond donors (Lipinski definition) is 0. The SMILES string of the molecule is Cc1ccc2ccccc2c1C(=O)C[n+]1ccccc1.[Br-]. The summed E-state index contributed by atoms with van der Waals surface area (Å²) in [4.78, 5) is 12.6. The van der Waals surface area contributed by atoms with Crippen molar-refractivity contribution < 1.29 is 26.3 Å². The Morgan fingerprint density at radius 1 is 0.952 bits per heavy atom. The minimum Gasteiger partial charge on any atom is -1.00 e. The number of carbonyl (C=O) groups is 1. The predicted molar refractivity (Wildman–Crippen MR) is 79.7 cm³/mol. The van der Waals surface area contributed by atoms with Gasteiger partial charge in [0.2, 0.25) is 12.3 Å². The van der Waals surface area contributed by atoms with Gasteiger partial charge in [-0.15, -0.1) is 0 Å². The Morgan fingerprint density at radius 3 is 2.43 bits per heavy atom. The summed E-state index contributed by atoms with van der Waals surface area (Å²) in [6.07, 6.45) is 3.83. The molecule has 3 heteroatoms. The van der Waals surface area contributed by atoms with Crippen LogP contribution in [0.2, 0.25) is 0 Å². The van der Waals surface area contributed by atoms with E-state index in [0.717, 1.165) is 21.9 Å². The molecule has 0 saturated carbocycles. The van der Waals surface area contributed by atoms with Crippen LogP contribution in [-0.4, -0.2) is 5.78 Å². The van der Waals surface area contributed by atoms with Gasteiger partial charge in [0.1, 0.15) is 0 Å². The second-order valence-corrected chi connectivity index (χ2v) is 4.95. The zero-order chi connectivity index (χ0) is 13.9. The maximum Gasteiger partial charge on any atom is 0.228 e. The fraction of sp³-hybridized carbons (Fsp3) is 0.111. The van der Waals surface area contributed by atoms with Crippen molar-refractivity contribution in [2.24, 2.45) is 0 Å². The Kier molecular flexibility index (Phi) is 4.86. The van der Waals surface area contributed by atoms with Crippen LogP contribution < -0.4 is 21.5 Å². The third-order valence-corrected chi connectivity index (χ3v) is 3.52. The van der Waals surface area contributed by atoms with Crippen LogP contribution in [0.3, 0.4) is 0 Å². The molecule has 0 saturated heterocycles. The number of fused-ring (bicyclic) bond motifs is 1. The van der Waals surface area contributed by atoms with Crippen LogP contribution in [0.25, 0.3) is 10.8 Å². The van der Waals surface area contributed by atoms with Crippen molar-refractivity contribution in [2.45, 2.75) is 13.5 Å². The zero-order valence-corrected chi connectivity index (χ0v) is 13.4. The van der Waals surface area contributed by atoms with Crippen molar-refractivity contribution >= 4 is 16.6 Å². The third-order valence-electron chi connectivity index (χ3n) is 3.52. The number of pyridine rings is 1. The van der Waals surface area contributed by atoms with Gasteiger partial charge in [-0.25, -0.2) is 0 Å². The van der Waals surface area contributed by atoms with Crippen LogP contribution in [0.15, 0.2) is 67.0 Å². The summed E-state index contributed by atoms with van der Waals surface area (Å²) in [5.74, 6) is 0.149. The number of halogens is 1. The molecule has 0 aliphatic carbocycles. The standard InChI is InChI=1S/C18H16NO.BrH/c1-14-9-10-15-7-3-4-8-16(15)18(14)17(20)13-19-11-5-2-6-12-19;/h2-12H,13H2,1H3;1H/q+1;/p-1. The van der Waals surface area contributed by atoms with Crippen molar-refractivity contribution in [3.05, 3.63) is 78.1 Å². The van der Waals surface area contributed by atoms with E-state index < -0.39 is 0 Å². The first-order valence-electron chi connectivity index (χ1n) is 6.71. The molecule has 0 bridgehead atoms. The predicted octanol–water partition coefficient (Wildman–Crippen LogP) is 0.323. The molecule has 106 valence electrons. The lowest BCUT2D eigenvalue weighted by atomic mass is 9.96. The molecule has 2 aromatic carbocycles. The molecule has 0 spiro atoms. The lowest BCUT2D eigenvalue weighted by Crippen LogP contribution is -3.00. The Bertz CT molecular complexity index is 769. The molecule has 0 N–H and O–H groups in total. The number of nitrogens with zero attached hydrogens (tertiary/aromatic N) is 1. The fourth-order valence-electron chi connectivity index (χ4n) is 2.54. The van der Waals surface area contributed by atoms with E-state index in [9.17, 15) is 4.79 Å². The summed E-state index contributed by atoms with van der Waals surface area (Å²) in [5, 5.41) is 2.15. The molecule has 0 radical (unpaired) electrons. The highest BCUT2D eigenvalue weighted by atomic mass is 79.9. The normalized spacial score (nSPS) is 10.1. The average molecular weight is 342 g/mol. The molecule has 0 atom stereocenters. The molecule has 21 heavy (non-hydrogen) atoms. The van der Waals surface area contributed by atoms with Gasteiger partial charge in [-0.1, -0.05) is 42.5 Å². The van der Waals surface area contributed by atoms with Crippen molar-refractivity contribution in [1.82, 2.24) is 0 Å². The van der Waals surface area contributed by atoms with E-state index in [-0.39, 0.29) is 22.8 Å². The number of aromatic nitrogens is 1. The smallest absolute Gasteiger partial charge is 0.228 e. The van der Waals surface area contributed by atoms with Crippen molar-refractivity contribution in [1.29, 1.82) is 0 Å². The van der Waals surface area contributed by atoms with E-state index in [1.165, 1.54) is 0 Å².